The molecule has 0 saturated heterocycles. The van der Waals surface area contributed by atoms with Crippen LogP contribution in [0.15, 0.2) is 42.5 Å². The third kappa shape index (κ3) is 4.44. The summed E-state index contributed by atoms with van der Waals surface area (Å²) < 4.78 is 15.5. The second-order valence-corrected chi connectivity index (χ2v) is 5.53. The van der Waals surface area contributed by atoms with Crippen LogP contribution in [0.1, 0.15) is 5.56 Å². The molecule has 2 aromatic carbocycles. The van der Waals surface area contributed by atoms with E-state index >= 15 is 0 Å². The number of esters is 1. The number of rotatable bonds is 7. The van der Waals surface area contributed by atoms with E-state index in [1.807, 2.05) is 0 Å². The zero-order valence-electron chi connectivity index (χ0n) is 14.9. The van der Waals surface area contributed by atoms with Crippen molar-refractivity contribution >= 4 is 23.3 Å². The Morgan fingerprint density at radius 3 is 2.08 bits per heavy atom. The molecule has 1 amide bonds. The molecule has 0 aliphatic heterocycles. The van der Waals surface area contributed by atoms with Gasteiger partial charge in [-0.15, -0.1) is 0 Å². The number of ether oxygens (including phenoxy) is 3. The van der Waals surface area contributed by atoms with E-state index in [1.54, 1.807) is 42.5 Å². The Balaban J connectivity index is 2.29. The molecule has 7 heteroatoms. The van der Waals surface area contributed by atoms with E-state index in [0.29, 0.717) is 28.4 Å². The van der Waals surface area contributed by atoms with Gasteiger partial charge in [-0.05, 0) is 36.4 Å². The molecule has 7 nitrogen and oxygen atoms in total. The minimum Gasteiger partial charge on any atom is -0.496 e. The van der Waals surface area contributed by atoms with Crippen molar-refractivity contribution < 1.29 is 23.8 Å². The summed E-state index contributed by atoms with van der Waals surface area (Å²) in [5.41, 5.74) is 7.36. The first-order chi connectivity index (χ1) is 12.5. The molecule has 3 N–H and O–H groups in total. The van der Waals surface area contributed by atoms with Crippen LogP contribution in [0.25, 0.3) is 0 Å². The van der Waals surface area contributed by atoms with Gasteiger partial charge in [0.1, 0.15) is 17.4 Å². The number of carbonyl (C=O) groups excluding carboxylic acids is 2. The fourth-order valence-corrected chi connectivity index (χ4v) is 2.55. The zero-order valence-corrected chi connectivity index (χ0v) is 14.9. The lowest BCUT2D eigenvalue weighted by molar-refractivity contribution is -0.148. The quantitative estimate of drug-likeness (QED) is 0.447. The van der Waals surface area contributed by atoms with Crippen molar-refractivity contribution in [3.8, 4) is 11.5 Å². The van der Waals surface area contributed by atoms with Crippen LogP contribution in [0.4, 0.5) is 11.4 Å². The standard InChI is InChI=1S/C19H22N2O5/c1-24-16-5-4-6-17(25-2)14(16)11-15(19(23)26-3)18(22)21-13-9-7-12(20)8-10-13/h4-10,15H,11,20H2,1-3H3,(H,21,22). The first-order valence-electron chi connectivity index (χ1n) is 7.94. The average molecular weight is 358 g/mol. The van der Waals surface area contributed by atoms with E-state index in [1.165, 1.54) is 21.3 Å². The molecule has 138 valence electrons. The summed E-state index contributed by atoms with van der Waals surface area (Å²) in [7, 11) is 4.27. The van der Waals surface area contributed by atoms with Crippen molar-refractivity contribution in [3.63, 3.8) is 0 Å². The summed E-state index contributed by atoms with van der Waals surface area (Å²) >= 11 is 0. The molecule has 2 rings (SSSR count). The lowest BCUT2D eigenvalue weighted by atomic mass is 9.96. The van der Waals surface area contributed by atoms with Crippen LogP contribution in [0, 0.1) is 5.92 Å². The minimum absolute atomic E-state index is 0.0701. The highest BCUT2D eigenvalue weighted by Crippen LogP contribution is 2.31. The second kappa shape index (κ2) is 8.75. The highest BCUT2D eigenvalue weighted by Gasteiger charge is 2.30. The summed E-state index contributed by atoms with van der Waals surface area (Å²) in [5, 5.41) is 2.70. The molecule has 0 fully saturated rings. The number of methoxy groups -OCH3 is 3. The summed E-state index contributed by atoms with van der Waals surface area (Å²) in [6.45, 7) is 0. The van der Waals surface area contributed by atoms with E-state index in [0.717, 1.165) is 0 Å². The first kappa shape index (κ1) is 19.1. The molecule has 0 aromatic heterocycles. The third-order valence-electron chi connectivity index (χ3n) is 3.92. The van der Waals surface area contributed by atoms with E-state index < -0.39 is 17.8 Å². The van der Waals surface area contributed by atoms with E-state index in [9.17, 15) is 9.59 Å². The number of hydrogen-bond donors (Lipinski definition) is 2. The van der Waals surface area contributed by atoms with Crippen molar-refractivity contribution in [3.05, 3.63) is 48.0 Å². The van der Waals surface area contributed by atoms with Crippen LogP contribution in [-0.2, 0) is 20.7 Å². The van der Waals surface area contributed by atoms with Crippen LogP contribution < -0.4 is 20.5 Å². The Hall–Kier alpha value is -3.22. The van der Waals surface area contributed by atoms with Gasteiger partial charge in [0, 0.05) is 23.4 Å². The molecule has 26 heavy (non-hydrogen) atoms. The van der Waals surface area contributed by atoms with Gasteiger partial charge in [0.05, 0.1) is 21.3 Å². The summed E-state index contributed by atoms with van der Waals surface area (Å²) in [5.74, 6) is -1.15. The van der Waals surface area contributed by atoms with Crippen LogP contribution in [-0.4, -0.2) is 33.2 Å². The zero-order chi connectivity index (χ0) is 19.1. The van der Waals surface area contributed by atoms with Gasteiger partial charge in [0.25, 0.3) is 0 Å². The van der Waals surface area contributed by atoms with E-state index in [4.69, 9.17) is 19.9 Å². The largest absolute Gasteiger partial charge is 0.496 e. The van der Waals surface area contributed by atoms with Crippen molar-refractivity contribution in [1.82, 2.24) is 0 Å². The molecule has 0 heterocycles. The topological polar surface area (TPSA) is 99.9 Å². The van der Waals surface area contributed by atoms with Crippen LogP contribution in [0.5, 0.6) is 11.5 Å². The van der Waals surface area contributed by atoms with Gasteiger partial charge in [0.15, 0.2) is 0 Å². The maximum atomic E-state index is 12.7. The monoisotopic (exact) mass is 358 g/mol. The Morgan fingerprint density at radius 2 is 1.58 bits per heavy atom. The number of nitrogens with one attached hydrogen (secondary N) is 1. The normalized spacial score (nSPS) is 11.3. The lowest BCUT2D eigenvalue weighted by Crippen LogP contribution is -2.32. The van der Waals surface area contributed by atoms with Crippen molar-refractivity contribution in [2.75, 3.05) is 32.4 Å². The fraction of sp³-hybridized carbons (Fsp3) is 0.263. The predicted octanol–water partition coefficient (Wildman–Crippen LogP) is 2.26. The van der Waals surface area contributed by atoms with Gasteiger partial charge >= 0.3 is 5.97 Å². The third-order valence-corrected chi connectivity index (χ3v) is 3.92. The maximum absolute atomic E-state index is 12.7. The number of anilines is 2. The Bertz CT molecular complexity index is 752. The fourth-order valence-electron chi connectivity index (χ4n) is 2.55. The summed E-state index contributed by atoms with van der Waals surface area (Å²) in [4.78, 5) is 24.9. The molecule has 1 unspecified atom stereocenters. The Labute approximate surface area is 152 Å². The minimum atomic E-state index is -1.07. The van der Waals surface area contributed by atoms with Gasteiger partial charge in [-0.25, -0.2) is 0 Å². The molecule has 0 aliphatic carbocycles. The maximum Gasteiger partial charge on any atom is 0.318 e. The molecule has 0 aliphatic rings. The predicted molar refractivity (Wildman–Crippen MR) is 98.2 cm³/mol. The van der Waals surface area contributed by atoms with Crippen molar-refractivity contribution in [2.24, 2.45) is 5.92 Å². The van der Waals surface area contributed by atoms with Crippen molar-refractivity contribution in [1.29, 1.82) is 0 Å². The smallest absolute Gasteiger partial charge is 0.318 e. The summed E-state index contributed by atoms with van der Waals surface area (Å²) in [6.07, 6.45) is 0.0701. The molecule has 0 radical (unpaired) electrons. The van der Waals surface area contributed by atoms with Gasteiger partial charge in [-0.2, -0.15) is 0 Å². The van der Waals surface area contributed by atoms with Crippen molar-refractivity contribution in [2.45, 2.75) is 6.42 Å². The molecule has 0 bridgehead atoms. The molecule has 0 saturated carbocycles. The van der Waals surface area contributed by atoms with Gasteiger partial charge in [-0.3, -0.25) is 9.59 Å². The molecule has 2 aromatic rings. The molecule has 1 atom stereocenters. The van der Waals surface area contributed by atoms with E-state index in [2.05, 4.69) is 5.32 Å². The Kier molecular flexibility index (Phi) is 6.43. The van der Waals surface area contributed by atoms with Crippen LogP contribution >= 0.6 is 0 Å². The van der Waals surface area contributed by atoms with Gasteiger partial charge in [-0.1, -0.05) is 6.07 Å². The SMILES string of the molecule is COC(=O)C(Cc1c(OC)cccc1OC)C(=O)Nc1ccc(N)cc1. The van der Waals surface area contributed by atoms with Gasteiger partial charge in [0.2, 0.25) is 5.91 Å². The highest BCUT2D eigenvalue weighted by atomic mass is 16.5. The van der Waals surface area contributed by atoms with Crippen LogP contribution in [0.3, 0.4) is 0 Å². The average Bonchev–Trinajstić information content (AvgIpc) is 2.66. The number of hydrogen-bond acceptors (Lipinski definition) is 6. The molecule has 0 spiro atoms. The highest BCUT2D eigenvalue weighted by molar-refractivity contribution is 6.05. The number of carbonyl (C=O) groups is 2. The Morgan fingerprint density at radius 1 is 1.00 bits per heavy atom. The number of benzene rings is 2. The second-order valence-electron chi connectivity index (χ2n) is 5.53. The molecular formula is C19H22N2O5. The number of nitrogens with two attached hydrogens (primary N) is 1. The van der Waals surface area contributed by atoms with Gasteiger partial charge < -0.3 is 25.3 Å². The number of nitrogen functional groups attached to an aromatic ring is 1. The number of amides is 1. The summed E-state index contributed by atoms with van der Waals surface area (Å²) in [6, 6.07) is 11.9. The van der Waals surface area contributed by atoms with Crippen LogP contribution in [0.2, 0.25) is 0 Å². The lowest BCUT2D eigenvalue weighted by Gasteiger charge is -2.18. The molecular weight excluding hydrogens is 336 g/mol. The first-order valence-corrected chi connectivity index (χ1v) is 7.94. The van der Waals surface area contributed by atoms with E-state index in [-0.39, 0.29) is 6.42 Å².